The number of pyridine rings is 1. The fraction of sp³-hybridized carbons (Fsp3) is 0.235. The SMILES string of the molecule is CCCC[n+]1c(O)c2cccc(Cl)c2c2ccccc21. The first-order valence-corrected chi connectivity index (χ1v) is 7.33. The molecule has 1 N–H and O–H groups in total. The zero-order valence-electron chi connectivity index (χ0n) is 11.4. The third-order valence-electron chi connectivity index (χ3n) is 3.71. The van der Waals surface area contributed by atoms with Gasteiger partial charge in [-0.3, -0.25) is 0 Å². The van der Waals surface area contributed by atoms with Crippen LogP contribution in [0, 0.1) is 0 Å². The topological polar surface area (TPSA) is 24.1 Å². The minimum absolute atomic E-state index is 0.301. The summed E-state index contributed by atoms with van der Waals surface area (Å²) in [5, 5.41) is 14.1. The summed E-state index contributed by atoms with van der Waals surface area (Å²) < 4.78 is 1.98. The van der Waals surface area contributed by atoms with Crippen molar-refractivity contribution in [3.05, 3.63) is 47.5 Å². The summed E-state index contributed by atoms with van der Waals surface area (Å²) in [5.74, 6) is 0.301. The molecule has 2 nitrogen and oxygen atoms in total. The number of aryl methyl sites for hydroxylation is 1. The van der Waals surface area contributed by atoms with Gasteiger partial charge in [-0.1, -0.05) is 43.1 Å². The number of nitrogens with zero attached hydrogens (tertiary/aromatic N) is 1. The molecule has 3 rings (SSSR count). The van der Waals surface area contributed by atoms with E-state index < -0.39 is 0 Å². The highest BCUT2D eigenvalue weighted by atomic mass is 35.5. The molecule has 0 radical (unpaired) electrons. The Morgan fingerprint density at radius 2 is 1.80 bits per heavy atom. The van der Waals surface area contributed by atoms with E-state index in [1.54, 1.807) is 0 Å². The van der Waals surface area contributed by atoms with Crippen LogP contribution < -0.4 is 4.57 Å². The predicted molar refractivity (Wildman–Crippen MR) is 83.2 cm³/mol. The Kier molecular flexibility index (Phi) is 3.49. The molecule has 0 saturated heterocycles. The van der Waals surface area contributed by atoms with Crippen molar-refractivity contribution in [2.45, 2.75) is 26.3 Å². The van der Waals surface area contributed by atoms with E-state index >= 15 is 0 Å². The molecular formula is C17H17ClNO+. The normalized spacial score (nSPS) is 11.3. The van der Waals surface area contributed by atoms with E-state index in [0.717, 1.165) is 41.1 Å². The van der Waals surface area contributed by atoms with Crippen LogP contribution in [-0.2, 0) is 6.54 Å². The van der Waals surface area contributed by atoms with Crippen LogP contribution in [-0.4, -0.2) is 5.11 Å². The maximum absolute atomic E-state index is 10.6. The molecule has 1 aromatic heterocycles. The van der Waals surface area contributed by atoms with Crippen molar-refractivity contribution in [3.8, 4) is 5.88 Å². The molecule has 0 atom stereocenters. The first-order valence-electron chi connectivity index (χ1n) is 6.95. The lowest BCUT2D eigenvalue weighted by atomic mass is 10.1. The van der Waals surface area contributed by atoms with Crippen molar-refractivity contribution in [3.63, 3.8) is 0 Å². The number of halogens is 1. The van der Waals surface area contributed by atoms with Crippen LogP contribution in [0.3, 0.4) is 0 Å². The Labute approximate surface area is 123 Å². The number of para-hydroxylation sites is 1. The molecule has 0 unspecified atom stereocenters. The van der Waals surface area contributed by atoms with Crippen molar-refractivity contribution in [2.75, 3.05) is 0 Å². The molecule has 3 heteroatoms. The zero-order valence-corrected chi connectivity index (χ0v) is 12.2. The van der Waals surface area contributed by atoms with E-state index in [1.165, 1.54) is 0 Å². The standard InChI is InChI=1S/C17H16ClNO/c1-2-3-11-19-15-10-5-4-7-12(15)16-13(17(19)20)8-6-9-14(16)18/h4-10H,2-3,11H2,1H3/p+1. The summed E-state index contributed by atoms with van der Waals surface area (Å²) in [5.41, 5.74) is 1.03. The lowest BCUT2D eigenvalue weighted by Gasteiger charge is -2.08. The molecule has 102 valence electrons. The number of aromatic hydroxyl groups is 1. The maximum atomic E-state index is 10.6. The summed E-state index contributed by atoms with van der Waals surface area (Å²) in [7, 11) is 0. The van der Waals surface area contributed by atoms with Crippen LogP contribution >= 0.6 is 11.6 Å². The minimum Gasteiger partial charge on any atom is -0.459 e. The number of benzene rings is 2. The summed E-state index contributed by atoms with van der Waals surface area (Å²) in [6.45, 7) is 2.96. The van der Waals surface area contributed by atoms with Gasteiger partial charge < -0.3 is 5.11 Å². The van der Waals surface area contributed by atoms with Gasteiger partial charge in [-0.05, 0) is 18.2 Å². The van der Waals surface area contributed by atoms with Crippen molar-refractivity contribution in [1.82, 2.24) is 0 Å². The Hall–Kier alpha value is -1.80. The third kappa shape index (κ3) is 2.01. The molecule has 0 fully saturated rings. The molecule has 20 heavy (non-hydrogen) atoms. The molecule has 1 heterocycles. The van der Waals surface area contributed by atoms with Gasteiger partial charge in [0.1, 0.15) is 0 Å². The average molecular weight is 287 g/mol. The molecule has 3 aromatic rings. The van der Waals surface area contributed by atoms with Crippen LogP contribution in [0.5, 0.6) is 5.88 Å². The Balaban J connectivity index is 2.45. The van der Waals surface area contributed by atoms with Crippen LogP contribution in [0.15, 0.2) is 42.5 Å². The summed E-state index contributed by atoms with van der Waals surface area (Å²) >= 11 is 6.34. The second-order valence-corrected chi connectivity index (χ2v) is 5.42. The Bertz CT molecular complexity index is 783. The largest absolute Gasteiger partial charge is 0.459 e. The summed E-state index contributed by atoms with van der Waals surface area (Å²) in [6.07, 6.45) is 2.13. The van der Waals surface area contributed by atoms with Gasteiger partial charge in [0.15, 0.2) is 6.54 Å². The Morgan fingerprint density at radius 1 is 1.05 bits per heavy atom. The van der Waals surface area contributed by atoms with E-state index in [4.69, 9.17) is 11.6 Å². The highest BCUT2D eigenvalue weighted by Gasteiger charge is 2.21. The molecule has 0 aliphatic carbocycles. The van der Waals surface area contributed by atoms with Crippen LogP contribution in [0.25, 0.3) is 21.7 Å². The zero-order chi connectivity index (χ0) is 14.1. The fourth-order valence-corrected chi connectivity index (χ4v) is 2.98. The minimum atomic E-state index is 0.301. The molecule has 2 aromatic carbocycles. The molecule has 0 saturated carbocycles. The first-order chi connectivity index (χ1) is 9.74. The third-order valence-corrected chi connectivity index (χ3v) is 4.02. The van der Waals surface area contributed by atoms with Crippen LogP contribution in [0.1, 0.15) is 19.8 Å². The van der Waals surface area contributed by atoms with Crippen molar-refractivity contribution in [2.24, 2.45) is 0 Å². The molecular weight excluding hydrogens is 270 g/mol. The molecule has 0 aliphatic heterocycles. The van der Waals surface area contributed by atoms with Gasteiger partial charge in [0.25, 0.3) is 0 Å². The quantitative estimate of drug-likeness (QED) is 0.558. The fourth-order valence-electron chi connectivity index (χ4n) is 2.71. The number of rotatable bonds is 3. The van der Waals surface area contributed by atoms with Crippen LogP contribution in [0.2, 0.25) is 5.02 Å². The maximum Gasteiger partial charge on any atom is 0.374 e. The van der Waals surface area contributed by atoms with E-state index in [9.17, 15) is 5.11 Å². The Morgan fingerprint density at radius 3 is 2.60 bits per heavy atom. The average Bonchev–Trinajstić information content (AvgIpc) is 2.47. The highest BCUT2D eigenvalue weighted by Crippen LogP contribution is 2.33. The van der Waals surface area contributed by atoms with Crippen LogP contribution in [0.4, 0.5) is 0 Å². The van der Waals surface area contributed by atoms with Crippen molar-refractivity contribution >= 4 is 33.3 Å². The lowest BCUT2D eigenvalue weighted by molar-refractivity contribution is -0.676. The highest BCUT2D eigenvalue weighted by molar-refractivity contribution is 6.37. The molecule has 0 aliphatic rings. The van der Waals surface area contributed by atoms with Gasteiger partial charge >= 0.3 is 5.88 Å². The van der Waals surface area contributed by atoms with E-state index in [1.807, 2.05) is 41.0 Å². The first kappa shape index (κ1) is 13.2. The molecule has 0 amide bonds. The van der Waals surface area contributed by atoms with Gasteiger partial charge in [-0.15, -0.1) is 0 Å². The van der Waals surface area contributed by atoms with Gasteiger partial charge in [0, 0.05) is 22.9 Å². The van der Waals surface area contributed by atoms with Gasteiger partial charge in [-0.25, -0.2) is 0 Å². The number of hydrogen-bond donors (Lipinski definition) is 1. The van der Waals surface area contributed by atoms with Gasteiger partial charge in [0.2, 0.25) is 5.52 Å². The van der Waals surface area contributed by atoms with Crippen molar-refractivity contribution in [1.29, 1.82) is 0 Å². The van der Waals surface area contributed by atoms with E-state index in [2.05, 4.69) is 13.0 Å². The monoisotopic (exact) mass is 286 g/mol. The van der Waals surface area contributed by atoms with Crippen molar-refractivity contribution < 1.29 is 9.67 Å². The summed E-state index contributed by atoms with van der Waals surface area (Å²) in [6, 6.07) is 13.8. The number of unbranched alkanes of at least 4 members (excludes halogenated alkanes) is 1. The molecule has 0 bridgehead atoms. The molecule has 0 spiro atoms. The predicted octanol–water partition coefficient (Wildman–Crippen LogP) is 4.44. The van der Waals surface area contributed by atoms with E-state index in [0.29, 0.717) is 10.9 Å². The lowest BCUT2D eigenvalue weighted by Crippen LogP contribution is -2.35. The van der Waals surface area contributed by atoms with Gasteiger partial charge in [0.05, 0.1) is 10.8 Å². The van der Waals surface area contributed by atoms with E-state index in [-0.39, 0.29) is 0 Å². The van der Waals surface area contributed by atoms with Gasteiger partial charge in [-0.2, -0.15) is 4.57 Å². The second-order valence-electron chi connectivity index (χ2n) is 5.01. The number of fused-ring (bicyclic) bond motifs is 3. The number of aromatic nitrogens is 1. The summed E-state index contributed by atoms with van der Waals surface area (Å²) in [4.78, 5) is 0. The smallest absolute Gasteiger partial charge is 0.374 e. The number of hydrogen-bond acceptors (Lipinski definition) is 1. The second kappa shape index (κ2) is 5.29.